The molecule has 2 fully saturated rings. The van der Waals surface area contributed by atoms with E-state index in [0.29, 0.717) is 17.9 Å². The lowest BCUT2D eigenvalue weighted by molar-refractivity contribution is -0.135. The van der Waals surface area contributed by atoms with E-state index in [2.05, 4.69) is 44.8 Å². The Morgan fingerprint density at radius 3 is 2.71 bits per heavy atom. The van der Waals surface area contributed by atoms with Gasteiger partial charge in [0.2, 0.25) is 5.91 Å². The average Bonchev–Trinajstić information content (AvgIpc) is 3.16. The molecule has 0 bridgehead atoms. The minimum atomic E-state index is 0. The minimum Gasteiger partial charge on any atom is -0.356 e. The molecule has 1 aromatic carbocycles. The van der Waals surface area contributed by atoms with Crippen molar-refractivity contribution in [1.29, 1.82) is 0 Å². The number of rotatable bonds is 4. The Morgan fingerprint density at radius 1 is 1.18 bits per heavy atom. The van der Waals surface area contributed by atoms with Crippen molar-refractivity contribution in [3.63, 3.8) is 0 Å². The maximum atomic E-state index is 12.7. The summed E-state index contributed by atoms with van der Waals surface area (Å²) in [5.74, 6) is 2.09. The molecule has 0 aromatic heterocycles. The van der Waals surface area contributed by atoms with Gasteiger partial charge < -0.3 is 15.5 Å². The fourth-order valence-electron chi connectivity index (χ4n) is 4.84. The summed E-state index contributed by atoms with van der Waals surface area (Å²) in [6.07, 6.45) is 8.04. The van der Waals surface area contributed by atoms with E-state index in [0.717, 1.165) is 51.3 Å². The quantitative estimate of drug-likeness (QED) is 0.382. The fraction of sp³-hybridized carbons (Fsp3) is 0.636. The van der Waals surface area contributed by atoms with E-state index in [-0.39, 0.29) is 29.9 Å². The lowest BCUT2D eigenvalue weighted by Gasteiger charge is -2.31. The van der Waals surface area contributed by atoms with Crippen LogP contribution >= 0.6 is 24.0 Å². The van der Waals surface area contributed by atoms with Gasteiger partial charge in [-0.2, -0.15) is 0 Å². The number of carbonyl (C=O) groups is 1. The summed E-state index contributed by atoms with van der Waals surface area (Å²) in [6, 6.07) is 8.98. The van der Waals surface area contributed by atoms with Gasteiger partial charge in [0.05, 0.1) is 0 Å². The van der Waals surface area contributed by atoms with Crippen LogP contribution in [0.5, 0.6) is 0 Å². The van der Waals surface area contributed by atoms with E-state index in [9.17, 15) is 4.79 Å². The highest BCUT2D eigenvalue weighted by Crippen LogP contribution is 2.34. The second-order valence-corrected chi connectivity index (χ2v) is 8.30. The maximum absolute atomic E-state index is 12.7. The van der Waals surface area contributed by atoms with Crippen molar-refractivity contribution in [2.24, 2.45) is 10.9 Å². The van der Waals surface area contributed by atoms with Crippen LogP contribution in [-0.2, 0) is 11.2 Å². The molecule has 0 radical (unpaired) electrons. The van der Waals surface area contributed by atoms with E-state index in [1.54, 1.807) is 0 Å². The standard InChI is InChI=1S/C22H32N4O.HI/c1-23-22(24-14-18-13-17-9-5-6-10-20(17)18)25-19-11-12-26(15-19)21(27)16-7-3-2-4-8-16;/h5-6,9-10,16,18-19H,2-4,7-8,11-15H2,1H3,(H2,23,24,25);1H. The second-order valence-electron chi connectivity index (χ2n) is 8.30. The summed E-state index contributed by atoms with van der Waals surface area (Å²) >= 11 is 0. The van der Waals surface area contributed by atoms with Crippen LogP contribution < -0.4 is 10.6 Å². The molecule has 1 amide bonds. The third-order valence-corrected chi connectivity index (χ3v) is 6.50. The van der Waals surface area contributed by atoms with Gasteiger partial charge in [-0.05, 0) is 36.8 Å². The molecule has 1 heterocycles. The summed E-state index contributed by atoms with van der Waals surface area (Å²) in [5, 5.41) is 7.01. The normalized spacial score (nSPS) is 24.8. The molecule has 1 aliphatic heterocycles. The Kier molecular flexibility index (Phi) is 7.60. The zero-order valence-electron chi connectivity index (χ0n) is 16.8. The van der Waals surface area contributed by atoms with Gasteiger partial charge in [0.1, 0.15) is 0 Å². The van der Waals surface area contributed by atoms with Crippen molar-refractivity contribution in [3.05, 3.63) is 35.4 Å². The highest BCUT2D eigenvalue weighted by atomic mass is 127. The third kappa shape index (κ3) is 4.81. The largest absolute Gasteiger partial charge is 0.356 e. The number of guanidine groups is 1. The molecule has 3 aliphatic rings. The number of hydrogen-bond acceptors (Lipinski definition) is 2. The van der Waals surface area contributed by atoms with Gasteiger partial charge in [0.15, 0.2) is 5.96 Å². The van der Waals surface area contributed by atoms with Crippen molar-refractivity contribution in [3.8, 4) is 0 Å². The Labute approximate surface area is 185 Å². The summed E-state index contributed by atoms with van der Waals surface area (Å²) < 4.78 is 0. The van der Waals surface area contributed by atoms with Crippen molar-refractivity contribution in [1.82, 2.24) is 15.5 Å². The summed E-state index contributed by atoms with van der Waals surface area (Å²) in [7, 11) is 1.82. The molecular formula is C22H33IN4O. The van der Waals surface area contributed by atoms with E-state index >= 15 is 0 Å². The van der Waals surface area contributed by atoms with Crippen molar-refractivity contribution in [2.45, 2.75) is 56.9 Å². The molecule has 154 valence electrons. The Balaban J connectivity index is 0.00000225. The molecule has 28 heavy (non-hydrogen) atoms. The van der Waals surface area contributed by atoms with Crippen molar-refractivity contribution < 1.29 is 4.79 Å². The van der Waals surface area contributed by atoms with Crippen LogP contribution in [-0.4, -0.2) is 49.5 Å². The van der Waals surface area contributed by atoms with Crippen LogP contribution in [0.4, 0.5) is 0 Å². The molecule has 2 aliphatic carbocycles. The monoisotopic (exact) mass is 496 g/mol. The molecule has 5 nitrogen and oxygen atoms in total. The molecule has 2 unspecified atom stereocenters. The topological polar surface area (TPSA) is 56.7 Å². The van der Waals surface area contributed by atoms with Crippen molar-refractivity contribution in [2.75, 3.05) is 26.7 Å². The van der Waals surface area contributed by atoms with Gasteiger partial charge in [-0.25, -0.2) is 0 Å². The van der Waals surface area contributed by atoms with Gasteiger partial charge in [-0.1, -0.05) is 43.5 Å². The maximum Gasteiger partial charge on any atom is 0.225 e. The number of nitrogens with zero attached hydrogens (tertiary/aromatic N) is 2. The molecule has 6 heteroatoms. The SMILES string of the molecule is CN=C(NCC1Cc2ccccc21)NC1CCN(C(=O)C2CCCCC2)C1.I. The zero-order valence-corrected chi connectivity index (χ0v) is 19.2. The molecule has 4 rings (SSSR count). The average molecular weight is 496 g/mol. The summed E-state index contributed by atoms with van der Waals surface area (Å²) in [5.41, 5.74) is 2.94. The Bertz CT molecular complexity index is 702. The number of carbonyl (C=O) groups excluding carboxylic acids is 1. The predicted molar refractivity (Wildman–Crippen MR) is 124 cm³/mol. The number of benzene rings is 1. The summed E-state index contributed by atoms with van der Waals surface area (Å²) in [6.45, 7) is 2.59. The zero-order chi connectivity index (χ0) is 18.6. The minimum absolute atomic E-state index is 0. The second kappa shape index (κ2) is 9.94. The molecule has 1 aromatic rings. The Hall–Kier alpha value is -1.31. The highest BCUT2D eigenvalue weighted by molar-refractivity contribution is 14.0. The molecule has 2 N–H and O–H groups in total. The summed E-state index contributed by atoms with van der Waals surface area (Å²) in [4.78, 5) is 19.2. The molecule has 2 atom stereocenters. The number of halogens is 1. The van der Waals surface area contributed by atoms with Crippen LogP contribution in [0.15, 0.2) is 29.3 Å². The molecule has 1 saturated heterocycles. The number of aliphatic imine (C=N–C) groups is 1. The fourth-order valence-corrected chi connectivity index (χ4v) is 4.84. The molecule has 1 saturated carbocycles. The first-order chi connectivity index (χ1) is 13.2. The van der Waals surface area contributed by atoms with Crippen LogP contribution in [0.1, 0.15) is 55.6 Å². The van der Waals surface area contributed by atoms with E-state index in [1.807, 2.05) is 7.05 Å². The van der Waals surface area contributed by atoms with Crippen molar-refractivity contribution >= 4 is 35.8 Å². The van der Waals surface area contributed by atoms with E-state index < -0.39 is 0 Å². The van der Waals surface area contributed by atoms with Gasteiger partial charge in [0, 0.05) is 44.6 Å². The van der Waals surface area contributed by atoms with Crippen LogP contribution in [0.25, 0.3) is 0 Å². The van der Waals surface area contributed by atoms with E-state index in [4.69, 9.17) is 0 Å². The number of nitrogens with one attached hydrogen (secondary N) is 2. The Morgan fingerprint density at radius 2 is 1.96 bits per heavy atom. The predicted octanol–water partition coefficient (Wildman–Crippen LogP) is 3.29. The van der Waals surface area contributed by atoms with Gasteiger partial charge in [-0.15, -0.1) is 24.0 Å². The lowest BCUT2D eigenvalue weighted by atomic mass is 9.78. The first-order valence-corrected chi connectivity index (χ1v) is 10.6. The van der Waals surface area contributed by atoms with E-state index in [1.165, 1.54) is 30.4 Å². The molecule has 0 spiro atoms. The van der Waals surface area contributed by atoms with Crippen LogP contribution in [0, 0.1) is 5.92 Å². The number of fused-ring (bicyclic) bond motifs is 1. The molecular weight excluding hydrogens is 463 g/mol. The van der Waals surface area contributed by atoms with Crippen LogP contribution in [0.2, 0.25) is 0 Å². The highest BCUT2D eigenvalue weighted by Gasteiger charge is 2.32. The first-order valence-electron chi connectivity index (χ1n) is 10.6. The number of hydrogen-bond donors (Lipinski definition) is 2. The third-order valence-electron chi connectivity index (χ3n) is 6.50. The van der Waals surface area contributed by atoms with Crippen LogP contribution in [0.3, 0.4) is 0 Å². The lowest BCUT2D eigenvalue weighted by Crippen LogP contribution is -2.47. The van der Waals surface area contributed by atoms with Gasteiger partial charge in [0.25, 0.3) is 0 Å². The first kappa shape index (κ1) is 21.4. The van der Waals surface area contributed by atoms with Gasteiger partial charge >= 0.3 is 0 Å². The smallest absolute Gasteiger partial charge is 0.225 e. The van der Waals surface area contributed by atoms with Gasteiger partial charge in [-0.3, -0.25) is 9.79 Å². The number of amides is 1. The number of likely N-dealkylation sites (tertiary alicyclic amines) is 1.